The molecular formula is C10H18NO2PS2. The molecule has 0 aromatic heterocycles. The Morgan fingerprint density at radius 2 is 2.31 bits per heavy atom. The van der Waals surface area contributed by atoms with Crippen molar-refractivity contribution in [3.63, 3.8) is 0 Å². The standard InChI is InChI=1S/C10H18NO2PS2/c1-5-8-11(9-12)14(15,13-7-3)16-10(4)6-2/h1,9-10H,6-8H2,2-4H3. The Balaban J connectivity index is 4.85. The first-order chi connectivity index (χ1) is 7.53. The SMILES string of the molecule is C#CCN(C=O)P(=S)(OCC)SC(C)CC. The molecule has 0 spiro atoms. The van der Waals surface area contributed by atoms with Gasteiger partial charge in [0.1, 0.15) is 0 Å². The van der Waals surface area contributed by atoms with E-state index in [1.54, 1.807) is 11.4 Å². The van der Waals surface area contributed by atoms with E-state index in [0.29, 0.717) is 18.3 Å². The highest BCUT2D eigenvalue weighted by molar-refractivity contribution is 8.69. The van der Waals surface area contributed by atoms with Crippen LogP contribution in [0.2, 0.25) is 0 Å². The van der Waals surface area contributed by atoms with E-state index in [4.69, 9.17) is 22.8 Å². The van der Waals surface area contributed by atoms with Crippen molar-refractivity contribution in [3.05, 3.63) is 0 Å². The van der Waals surface area contributed by atoms with Gasteiger partial charge in [-0.3, -0.25) is 9.46 Å². The largest absolute Gasteiger partial charge is 0.327 e. The van der Waals surface area contributed by atoms with Crippen molar-refractivity contribution in [1.29, 1.82) is 0 Å². The number of terminal acetylenes is 1. The molecule has 0 aliphatic heterocycles. The van der Waals surface area contributed by atoms with E-state index in [9.17, 15) is 4.79 Å². The monoisotopic (exact) mass is 279 g/mol. The number of rotatable bonds is 8. The van der Waals surface area contributed by atoms with Gasteiger partial charge in [0.05, 0.1) is 13.2 Å². The fraction of sp³-hybridized carbons (Fsp3) is 0.700. The highest BCUT2D eigenvalue weighted by Crippen LogP contribution is 2.63. The van der Waals surface area contributed by atoms with E-state index in [1.807, 2.05) is 6.92 Å². The molecule has 0 aromatic carbocycles. The van der Waals surface area contributed by atoms with Crippen LogP contribution in [-0.4, -0.2) is 29.5 Å². The van der Waals surface area contributed by atoms with Crippen molar-refractivity contribution in [2.24, 2.45) is 0 Å². The minimum atomic E-state index is -2.35. The first kappa shape index (κ1) is 16.0. The molecule has 1 amide bonds. The average Bonchev–Trinajstić information content (AvgIpc) is 2.25. The highest BCUT2D eigenvalue weighted by Gasteiger charge is 2.27. The fourth-order valence-electron chi connectivity index (χ4n) is 0.905. The van der Waals surface area contributed by atoms with E-state index in [-0.39, 0.29) is 6.54 Å². The quantitative estimate of drug-likeness (QED) is 0.388. The van der Waals surface area contributed by atoms with Crippen LogP contribution in [-0.2, 0) is 21.1 Å². The third-order valence-electron chi connectivity index (χ3n) is 1.87. The molecule has 16 heavy (non-hydrogen) atoms. The lowest BCUT2D eigenvalue weighted by Crippen LogP contribution is -2.19. The van der Waals surface area contributed by atoms with Gasteiger partial charge in [-0.15, -0.1) is 6.42 Å². The summed E-state index contributed by atoms with van der Waals surface area (Å²) in [6.07, 6.45) is 6.90. The summed E-state index contributed by atoms with van der Waals surface area (Å²) >= 11 is 7.03. The lowest BCUT2D eigenvalue weighted by molar-refractivity contribution is -0.113. The van der Waals surface area contributed by atoms with Crippen molar-refractivity contribution < 1.29 is 9.32 Å². The zero-order valence-electron chi connectivity index (χ0n) is 9.88. The predicted octanol–water partition coefficient (Wildman–Crippen LogP) is 2.87. The summed E-state index contributed by atoms with van der Waals surface area (Å²) < 4.78 is 7.04. The molecule has 0 aromatic rings. The first-order valence-corrected chi connectivity index (χ1v) is 9.28. The summed E-state index contributed by atoms with van der Waals surface area (Å²) in [4.78, 5) is 11.0. The van der Waals surface area contributed by atoms with E-state index in [2.05, 4.69) is 19.8 Å². The van der Waals surface area contributed by atoms with Gasteiger partial charge in [0, 0.05) is 5.25 Å². The Morgan fingerprint density at radius 3 is 2.69 bits per heavy atom. The van der Waals surface area contributed by atoms with Gasteiger partial charge in [0.2, 0.25) is 12.0 Å². The number of carbonyl (C=O) groups excluding carboxylic acids is 1. The maximum absolute atomic E-state index is 11.0. The predicted molar refractivity (Wildman–Crippen MR) is 74.9 cm³/mol. The van der Waals surface area contributed by atoms with Gasteiger partial charge < -0.3 is 4.52 Å². The third-order valence-corrected chi connectivity index (χ3v) is 8.82. The van der Waals surface area contributed by atoms with Crippen molar-refractivity contribution >= 4 is 35.2 Å². The minimum Gasteiger partial charge on any atom is -0.327 e. The van der Waals surface area contributed by atoms with Crippen LogP contribution >= 0.6 is 17.0 Å². The number of nitrogens with zero attached hydrogens (tertiary/aromatic N) is 1. The summed E-state index contributed by atoms with van der Waals surface area (Å²) in [5, 5.41) is 0.359. The fourth-order valence-corrected chi connectivity index (χ4v) is 7.43. The second kappa shape index (κ2) is 8.14. The molecule has 3 nitrogen and oxygen atoms in total. The number of hydrogen-bond donors (Lipinski definition) is 0. The Morgan fingerprint density at radius 1 is 1.69 bits per heavy atom. The van der Waals surface area contributed by atoms with Crippen molar-refractivity contribution in [1.82, 2.24) is 4.67 Å². The molecule has 0 aliphatic carbocycles. The molecule has 0 aliphatic rings. The molecule has 92 valence electrons. The summed E-state index contributed by atoms with van der Waals surface area (Å²) in [5.41, 5.74) is -2.35. The smallest absolute Gasteiger partial charge is 0.216 e. The average molecular weight is 279 g/mol. The van der Waals surface area contributed by atoms with Gasteiger partial charge in [0.15, 0.2) is 0 Å². The molecule has 2 atom stereocenters. The summed E-state index contributed by atoms with van der Waals surface area (Å²) in [7, 11) is 0. The van der Waals surface area contributed by atoms with Gasteiger partial charge in [-0.2, -0.15) is 0 Å². The Labute approximate surface area is 107 Å². The highest BCUT2D eigenvalue weighted by atomic mass is 32.9. The first-order valence-electron chi connectivity index (χ1n) is 5.12. The maximum Gasteiger partial charge on any atom is 0.216 e. The van der Waals surface area contributed by atoms with Gasteiger partial charge in [-0.25, -0.2) is 0 Å². The summed E-state index contributed by atoms with van der Waals surface area (Å²) in [6.45, 7) is 6.73. The summed E-state index contributed by atoms with van der Waals surface area (Å²) in [6, 6.07) is 0. The van der Waals surface area contributed by atoms with E-state index < -0.39 is 5.62 Å². The summed E-state index contributed by atoms with van der Waals surface area (Å²) in [5.74, 6) is 2.44. The minimum absolute atomic E-state index is 0.213. The molecule has 6 heteroatoms. The van der Waals surface area contributed by atoms with Crippen LogP contribution in [0.3, 0.4) is 0 Å². The van der Waals surface area contributed by atoms with Crippen LogP contribution in [0.15, 0.2) is 0 Å². The van der Waals surface area contributed by atoms with Gasteiger partial charge in [-0.05, 0) is 25.2 Å². The van der Waals surface area contributed by atoms with Crippen LogP contribution in [0.4, 0.5) is 0 Å². The topological polar surface area (TPSA) is 29.5 Å². The Kier molecular flexibility index (Phi) is 8.13. The normalized spacial score (nSPS) is 15.9. The van der Waals surface area contributed by atoms with Gasteiger partial charge in [0.25, 0.3) is 0 Å². The van der Waals surface area contributed by atoms with Crippen molar-refractivity contribution in [2.45, 2.75) is 32.4 Å². The van der Waals surface area contributed by atoms with Gasteiger partial charge in [-0.1, -0.05) is 31.1 Å². The maximum atomic E-state index is 11.0. The lowest BCUT2D eigenvalue weighted by Gasteiger charge is -2.30. The molecule has 0 saturated carbocycles. The van der Waals surface area contributed by atoms with E-state index in [0.717, 1.165) is 6.42 Å². The Hall–Kier alpha value is -0.0100. The molecule has 0 bridgehead atoms. The molecule has 0 heterocycles. The van der Waals surface area contributed by atoms with Crippen LogP contribution in [0.5, 0.6) is 0 Å². The van der Waals surface area contributed by atoms with Crippen molar-refractivity contribution in [3.8, 4) is 12.3 Å². The second-order valence-electron chi connectivity index (χ2n) is 3.12. The molecule has 0 saturated heterocycles. The molecular weight excluding hydrogens is 261 g/mol. The van der Waals surface area contributed by atoms with E-state index in [1.165, 1.54) is 4.67 Å². The molecule has 0 fully saturated rings. The number of hydrogen-bond acceptors (Lipinski definition) is 4. The zero-order chi connectivity index (χ0) is 12.6. The molecule has 2 unspecified atom stereocenters. The lowest BCUT2D eigenvalue weighted by atomic mass is 10.4. The molecule has 0 radical (unpaired) electrons. The van der Waals surface area contributed by atoms with Crippen LogP contribution in [0.1, 0.15) is 27.2 Å². The third kappa shape index (κ3) is 4.88. The van der Waals surface area contributed by atoms with E-state index >= 15 is 0 Å². The van der Waals surface area contributed by atoms with Crippen LogP contribution in [0.25, 0.3) is 0 Å². The van der Waals surface area contributed by atoms with Gasteiger partial charge >= 0.3 is 0 Å². The number of carbonyl (C=O) groups is 1. The molecule has 0 N–H and O–H groups in total. The number of amides is 1. The van der Waals surface area contributed by atoms with Crippen molar-refractivity contribution in [2.75, 3.05) is 13.2 Å². The Bertz CT molecular complexity index is 304. The zero-order valence-corrected chi connectivity index (χ0v) is 12.4. The van der Waals surface area contributed by atoms with Crippen LogP contribution in [0, 0.1) is 12.3 Å². The second-order valence-corrected chi connectivity index (χ2v) is 10.1. The molecule has 0 rings (SSSR count). The van der Waals surface area contributed by atoms with Crippen LogP contribution < -0.4 is 0 Å².